The molecule has 1 saturated heterocycles. The van der Waals surface area contributed by atoms with Crippen LogP contribution in [0.1, 0.15) is 11.1 Å². The number of hydrogen-bond acceptors (Lipinski definition) is 5. The van der Waals surface area contributed by atoms with Gasteiger partial charge in [-0.1, -0.05) is 60.7 Å². The number of hydrogen-bond donors (Lipinski definition) is 0. The van der Waals surface area contributed by atoms with E-state index in [9.17, 15) is 0 Å². The van der Waals surface area contributed by atoms with Crippen LogP contribution in [0.25, 0.3) is 0 Å². The van der Waals surface area contributed by atoms with E-state index in [2.05, 4.69) is 0 Å². The first-order chi connectivity index (χ1) is 12.8. The van der Waals surface area contributed by atoms with Crippen molar-refractivity contribution in [2.24, 2.45) is 0 Å². The third-order valence-electron chi connectivity index (χ3n) is 4.50. The lowest BCUT2D eigenvalue weighted by Gasteiger charge is -2.40. The molecule has 1 heterocycles. The third-order valence-corrected chi connectivity index (χ3v) is 4.50. The van der Waals surface area contributed by atoms with Gasteiger partial charge in [-0.3, -0.25) is 0 Å². The van der Waals surface area contributed by atoms with Crippen LogP contribution in [0, 0.1) is 0 Å². The van der Waals surface area contributed by atoms with Gasteiger partial charge < -0.3 is 23.7 Å². The Bertz CT molecular complexity index is 633. The number of ether oxygens (including phenoxy) is 5. The molecule has 1 fully saturated rings. The van der Waals surface area contributed by atoms with Gasteiger partial charge in [-0.05, 0) is 11.1 Å². The fourth-order valence-corrected chi connectivity index (χ4v) is 3.07. The minimum absolute atomic E-state index is 0.197. The molecule has 0 amide bonds. The Labute approximate surface area is 154 Å². The molecule has 3 rings (SSSR count). The predicted octanol–water partition coefficient (Wildman–Crippen LogP) is 3.17. The molecule has 26 heavy (non-hydrogen) atoms. The molecule has 1 aliphatic heterocycles. The maximum absolute atomic E-state index is 6.15. The molecule has 0 bridgehead atoms. The first kappa shape index (κ1) is 19.0. The van der Waals surface area contributed by atoms with Crippen molar-refractivity contribution in [3.8, 4) is 0 Å². The third kappa shape index (κ3) is 4.90. The zero-order valence-corrected chi connectivity index (χ0v) is 15.2. The molecule has 0 spiro atoms. The van der Waals surface area contributed by atoms with Gasteiger partial charge in [0, 0.05) is 14.2 Å². The average Bonchev–Trinajstić information content (AvgIpc) is 2.71. The van der Waals surface area contributed by atoms with E-state index in [4.69, 9.17) is 23.7 Å². The first-order valence-electron chi connectivity index (χ1n) is 8.80. The van der Waals surface area contributed by atoms with Crippen molar-refractivity contribution >= 4 is 0 Å². The molecule has 1 unspecified atom stereocenters. The normalized spacial score (nSPS) is 25.9. The Morgan fingerprint density at radius 3 is 1.88 bits per heavy atom. The summed E-state index contributed by atoms with van der Waals surface area (Å²) in [5.74, 6) is 0. The van der Waals surface area contributed by atoms with Gasteiger partial charge in [0.15, 0.2) is 6.29 Å². The van der Waals surface area contributed by atoms with Gasteiger partial charge in [-0.15, -0.1) is 0 Å². The Morgan fingerprint density at radius 2 is 1.35 bits per heavy atom. The van der Waals surface area contributed by atoms with E-state index in [1.807, 2.05) is 60.7 Å². The molecule has 1 aliphatic rings. The Kier molecular flexibility index (Phi) is 7.17. The van der Waals surface area contributed by atoms with Gasteiger partial charge in [-0.2, -0.15) is 0 Å². The highest BCUT2D eigenvalue weighted by molar-refractivity contribution is 5.14. The van der Waals surface area contributed by atoms with Gasteiger partial charge in [0.2, 0.25) is 0 Å². The average molecular weight is 358 g/mol. The van der Waals surface area contributed by atoms with Crippen molar-refractivity contribution in [1.82, 2.24) is 0 Å². The number of rotatable bonds is 8. The van der Waals surface area contributed by atoms with Crippen LogP contribution >= 0.6 is 0 Å². The van der Waals surface area contributed by atoms with Crippen LogP contribution in [0.4, 0.5) is 0 Å². The Morgan fingerprint density at radius 1 is 0.769 bits per heavy atom. The summed E-state index contributed by atoms with van der Waals surface area (Å²) >= 11 is 0. The maximum Gasteiger partial charge on any atom is 0.186 e. The van der Waals surface area contributed by atoms with Crippen LogP contribution in [-0.4, -0.2) is 45.4 Å². The van der Waals surface area contributed by atoms with E-state index < -0.39 is 6.29 Å². The maximum atomic E-state index is 6.15. The fraction of sp³-hybridized carbons (Fsp3) is 0.429. The lowest BCUT2D eigenvalue weighted by molar-refractivity contribution is -0.293. The molecular formula is C21H26O5. The van der Waals surface area contributed by atoms with Gasteiger partial charge in [-0.25, -0.2) is 0 Å². The Hall–Kier alpha value is -1.76. The van der Waals surface area contributed by atoms with E-state index in [1.54, 1.807) is 14.2 Å². The van der Waals surface area contributed by atoms with Crippen molar-refractivity contribution in [1.29, 1.82) is 0 Å². The minimum atomic E-state index is -0.518. The fourth-order valence-electron chi connectivity index (χ4n) is 3.07. The standard InChI is InChI=1S/C21H26O5/c1-22-18-15-26-21(25-14-17-11-7-4-8-12-17)20(19(18)23-2)24-13-16-9-5-3-6-10-16/h3-12,18-21H,13-15H2,1-2H3/t18-,19+,20-,21?/m1/s1. The molecule has 2 aromatic rings. The zero-order valence-electron chi connectivity index (χ0n) is 15.2. The molecule has 4 atom stereocenters. The molecule has 140 valence electrons. The summed E-state index contributed by atoms with van der Waals surface area (Å²) in [6, 6.07) is 20.0. The summed E-state index contributed by atoms with van der Waals surface area (Å²) in [6.45, 7) is 1.31. The monoisotopic (exact) mass is 358 g/mol. The summed E-state index contributed by atoms with van der Waals surface area (Å²) in [7, 11) is 3.31. The minimum Gasteiger partial charge on any atom is -0.376 e. The van der Waals surface area contributed by atoms with Crippen molar-refractivity contribution in [3.05, 3.63) is 71.8 Å². The summed E-state index contributed by atoms with van der Waals surface area (Å²) < 4.78 is 29.2. The van der Waals surface area contributed by atoms with E-state index in [1.165, 1.54) is 0 Å². The summed E-state index contributed by atoms with van der Waals surface area (Å²) in [5.41, 5.74) is 2.17. The first-order valence-corrected chi connectivity index (χ1v) is 8.80. The molecule has 0 N–H and O–H groups in total. The van der Waals surface area contributed by atoms with Crippen LogP contribution in [0.5, 0.6) is 0 Å². The Balaban J connectivity index is 1.67. The molecule has 2 aromatic carbocycles. The summed E-state index contributed by atoms with van der Waals surface area (Å²) in [6.07, 6.45) is -1.37. The van der Waals surface area contributed by atoms with Crippen molar-refractivity contribution in [2.45, 2.75) is 37.8 Å². The van der Waals surface area contributed by atoms with Crippen molar-refractivity contribution in [2.75, 3.05) is 20.8 Å². The molecule has 0 radical (unpaired) electrons. The largest absolute Gasteiger partial charge is 0.376 e. The molecule has 0 saturated carbocycles. The van der Waals surface area contributed by atoms with Gasteiger partial charge in [0.1, 0.15) is 18.3 Å². The SMILES string of the molecule is CO[C@H]1[C@H](OC)COC(OCc2ccccc2)[C@@H]1OCc1ccccc1. The van der Waals surface area contributed by atoms with E-state index >= 15 is 0 Å². The second-order valence-electron chi connectivity index (χ2n) is 6.23. The molecule has 5 nitrogen and oxygen atoms in total. The van der Waals surface area contributed by atoms with Crippen LogP contribution < -0.4 is 0 Å². The predicted molar refractivity (Wildman–Crippen MR) is 97.6 cm³/mol. The second-order valence-corrected chi connectivity index (χ2v) is 6.23. The van der Waals surface area contributed by atoms with Crippen molar-refractivity contribution in [3.63, 3.8) is 0 Å². The molecule has 5 heteroatoms. The lowest BCUT2D eigenvalue weighted by atomic mass is 10.0. The van der Waals surface area contributed by atoms with Crippen LogP contribution in [-0.2, 0) is 36.9 Å². The van der Waals surface area contributed by atoms with E-state index in [-0.39, 0.29) is 18.3 Å². The smallest absolute Gasteiger partial charge is 0.186 e. The van der Waals surface area contributed by atoms with Crippen LogP contribution in [0.3, 0.4) is 0 Å². The number of methoxy groups -OCH3 is 2. The summed E-state index contributed by atoms with van der Waals surface area (Å²) in [4.78, 5) is 0. The van der Waals surface area contributed by atoms with Crippen LogP contribution in [0.15, 0.2) is 60.7 Å². The van der Waals surface area contributed by atoms with E-state index in [0.29, 0.717) is 19.8 Å². The molecular weight excluding hydrogens is 332 g/mol. The van der Waals surface area contributed by atoms with Crippen molar-refractivity contribution < 1.29 is 23.7 Å². The highest BCUT2D eigenvalue weighted by Gasteiger charge is 2.42. The highest BCUT2D eigenvalue weighted by Crippen LogP contribution is 2.25. The van der Waals surface area contributed by atoms with Crippen LogP contribution in [0.2, 0.25) is 0 Å². The summed E-state index contributed by atoms with van der Waals surface area (Å²) in [5, 5.41) is 0. The van der Waals surface area contributed by atoms with E-state index in [0.717, 1.165) is 11.1 Å². The quantitative estimate of drug-likeness (QED) is 0.725. The van der Waals surface area contributed by atoms with Gasteiger partial charge >= 0.3 is 0 Å². The zero-order chi connectivity index (χ0) is 18.2. The lowest BCUT2D eigenvalue weighted by Crippen LogP contribution is -2.56. The second kappa shape index (κ2) is 9.80. The molecule has 0 aromatic heterocycles. The highest BCUT2D eigenvalue weighted by atomic mass is 16.7. The van der Waals surface area contributed by atoms with Gasteiger partial charge in [0.25, 0.3) is 0 Å². The number of benzene rings is 2. The topological polar surface area (TPSA) is 46.2 Å². The molecule has 0 aliphatic carbocycles. The van der Waals surface area contributed by atoms with Gasteiger partial charge in [0.05, 0.1) is 19.8 Å².